The molecule has 0 unspecified atom stereocenters. The molecule has 1 aliphatic heterocycles. The van der Waals surface area contributed by atoms with Crippen LogP contribution in [0, 0.1) is 0 Å². The molecule has 1 aromatic carbocycles. The Morgan fingerprint density at radius 1 is 1.38 bits per heavy atom. The molecule has 0 radical (unpaired) electrons. The molecule has 0 N–H and O–H groups in total. The van der Waals surface area contributed by atoms with Gasteiger partial charge in [-0.1, -0.05) is 30.5 Å². The summed E-state index contributed by atoms with van der Waals surface area (Å²) in [6, 6.07) is 8.17. The largest absolute Gasteiger partial charge is 0.291 e. The third kappa shape index (κ3) is 0.877. The molecule has 0 aliphatic carbocycles. The smallest absolute Gasteiger partial charge is 0.173 e. The van der Waals surface area contributed by atoms with Crippen LogP contribution in [0.4, 0.5) is 0 Å². The summed E-state index contributed by atoms with van der Waals surface area (Å²) < 4.78 is 2.14. The predicted molar refractivity (Wildman–Crippen MR) is 55.8 cm³/mol. The molecule has 1 aromatic heterocycles. The third-order valence-electron chi connectivity index (χ3n) is 2.21. The maximum atomic E-state index is 4.51. The van der Waals surface area contributed by atoms with Crippen molar-refractivity contribution in [3.63, 3.8) is 0 Å². The number of hydrogen-bond donors (Lipinski definition) is 0. The van der Waals surface area contributed by atoms with Crippen LogP contribution in [0.3, 0.4) is 0 Å². The topological polar surface area (TPSA) is 17.8 Å². The highest BCUT2D eigenvalue weighted by Crippen LogP contribution is 2.34. The maximum Gasteiger partial charge on any atom is 0.173 e. The molecule has 0 amide bonds. The molecule has 2 aromatic rings. The summed E-state index contributed by atoms with van der Waals surface area (Å²) in [7, 11) is 0. The molecule has 0 atom stereocenters. The van der Waals surface area contributed by atoms with Gasteiger partial charge in [0.25, 0.3) is 0 Å². The highest BCUT2D eigenvalue weighted by Gasteiger charge is 2.19. The number of benzene rings is 1. The van der Waals surface area contributed by atoms with E-state index >= 15 is 0 Å². The second-order valence-corrected chi connectivity index (χ2v) is 4.02. The summed E-state index contributed by atoms with van der Waals surface area (Å²) >= 11 is 1.75. The Balaban J connectivity index is 2.46. The Bertz CT molecular complexity index is 499. The molecule has 13 heavy (non-hydrogen) atoms. The molecule has 2 nitrogen and oxygen atoms in total. The highest BCUT2D eigenvalue weighted by atomic mass is 32.2. The number of thioether (sulfide) groups is 1. The van der Waals surface area contributed by atoms with E-state index in [-0.39, 0.29) is 0 Å². The van der Waals surface area contributed by atoms with Gasteiger partial charge in [-0.3, -0.25) is 4.57 Å². The molecule has 3 rings (SSSR count). The molecular formula is C10H8N2S. The van der Waals surface area contributed by atoms with Crippen molar-refractivity contribution in [2.24, 2.45) is 0 Å². The fourth-order valence-corrected chi connectivity index (χ4v) is 2.56. The molecule has 0 bridgehead atoms. The highest BCUT2D eigenvalue weighted by molar-refractivity contribution is 7.99. The summed E-state index contributed by atoms with van der Waals surface area (Å²) in [5.74, 6) is 0.965. The zero-order valence-corrected chi connectivity index (χ0v) is 7.84. The van der Waals surface area contributed by atoms with Crippen LogP contribution in [0.2, 0.25) is 0 Å². The molecule has 0 saturated heterocycles. The lowest BCUT2D eigenvalue weighted by molar-refractivity contribution is 0.965. The van der Waals surface area contributed by atoms with Gasteiger partial charge in [0, 0.05) is 11.4 Å². The van der Waals surface area contributed by atoms with Crippen molar-refractivity contribution >= 4 is 28.5 Å². The van der Waals surface area contributed by atoms with E-state index in [9.17, 15) is 0 Å². The van der Waals surface area contributed by atoms with Gasteiger partial charge in [-0.15, -0.1) is 0 Å². The van der Waals surface area contributed by atoms with Crippen LogP contribution in [-0.2, 0) is 0 Å². The molecule has 0 fully saturated rings. The summed E-state index contributed by atoms with van der Waals surface area (Å²) in [6.07, 6.45) is 0. The van der Waals surface area contributed by atoms with Gasteiger partial charge in [-0.25, -0.2) is 4.98 Å². The quantitative estimate of drug-likeness (QED) is 0.632. The first-order valence-corrected chi connectivity index (χ1v) is 5.13. The van der Waals surface area contributed by atoms with Crippen LogP contribution in [0.1, 0.15) is 0 Å². The number of rotatable bonds is 0. The lowest BCUT2D eigenvalue weighted by Gasteiger charge is -1.98. The Morgan fingerprint density at radius 2 is 2.23 bits per heavy atom. The van der Waals surface area contributed by atoms with Crippen molar-refractivity contribution in [3.8, 4) is 0 Å². The Kier molecular flexibility index (Phi) is 1.32. The average molecular weight is 188 g/mol. The van der Waals surface area contributed by atoms with E-state index in [0.717, 1.165) is 22.1 Å². The van der Waals surface area contributed by atoms with Crippen molar-refractivity contribution in [1.29, 1.82) is 0 Å². The lowest BCUT2D eigenvalue weighted by atomic mass is 10.3. The Labute approximate surface area is 80.3 Å². The number of aromatic nitrogens is 2. The van der Waals surface area contributed by atoms with Crippen LogP contribution < -0.4 is 0 Å². The minimum atomic E-state index is 0.965. The summed E-state index contributed by atoms with van der Waals surface area (Å²) in [5, 5.41) is 1.08. The first kappa shape index (κ1) is 7.21. The Morgan fingerprint density at radius 3 is 3.15 bits per heavy atom. The van der Waals surface area contributed by atoms with Gasteiger partial charge < -0.3 is 0 Å². The molecule has 3 heteroatoms. The molecular weight excluding hydrogens is 180 g/mol. The van der Waals surface area contributed by atoms with Crippen molar-refractivity contribution in [1.82, 2.24) is 9.55 Å². The van der Waals surface area contributed by atoms with Crippen LogP contribution in [0.15, 0.2) is 36.0 Å². The van der Waals surface area contributed by atoms with Gasteiger partial charge in [0.15, 0.2) is 5.16 Å². The first-order chi connectivity index (χ1) is 6.36. The van der Waals surface area contributed by atoms with Crippen LogP contribution >= 0.6 is 11.8 Å². The SMILES string of the molecule is C=C1CSc2nc3ccccc3n21. The van der Waals surface area contributed by atoms with E-state index in [4.69, 9.17) is 0 Å². The van der Waals surface area contributed by atoms with Gasteiger partial charge >= 0.3 is 0 Å². The monoisotopic (exact) mass is 188 g/mol. The minimum Gasteiger partial charge on any atom is -0.291 e. The van der Waals surface area contributed by atoms with E-state index in [1.165, 1.54) is 5.52 Å². The molecule has 1 aliphatic rings. The fourth-order valence-electron chi connectivity index (χ4n) is 1.62. The molecule has 0 spiro atoms. The molecule has 0 saturated carbocycles. The van der Waals surface area contributed by atoms with Gasteiger partial charge in [0.05, 0.1) is 11.0 Å². The molecule has 2 heterocycles. The predicted octanol–water partition coefficient (Wildman–Crippen LogP) is 2.61. The maximum absolute atomic E-state index is 4.51. The zero-order valence-electron chi connectivity index (χ0n) is 7.03. The van der Waals surface area contributed by atoms with Crippen molar-refractivity contribution < 1.29 is 0 Å². The average Bonchev–Trinajstić information content (AvgIpc) is 2.66. The second-order valence-electron chi connectivity index (χ2n) is 3.07. The van der Waals surface area contributed by atoms with Crippen molar-refractivity contribution in [2.45, 2.75) is 5.16 Å². The van der Waals surface area contributed by atoms with E-state index < -0.39 is 0 Å². The Hall–Kier alpha value is -1.22. The van der Waals surface area contributed by atoms with E-state index in [2.05, 4.69) is 22.2 Å². The van der Waals surface area contributed by atoms with Gasteiger partial charge in [-0.05, 0) is 12.1 Å². The standard InChI is InChI=1S/C10H8N2S/c1-7-6-13-10-11-8-4-2-3-5-9(8)12(7)10/h2-5H,1,6H2. The number of hydrogen-bond acceptors (Lipinski definition) is 2. The van der Waals surface area contributed by atoms with E-state index in [0.29, 0.717) is 0 Å². The fraction of sp³-hybridized carbons (Fsp3) is 0.100. The second kappa shape index (κ2) is 2.39. The van der Waals surface area contributed by atoms with Crippen molar-refractivity contribution in [2.75, 3.05) is 5.75 Å². The summed E-state index contributed by atoms with van der Waals surface area (Å²) in [6.45, 7) is 4.02. The number of nitrogens with zero attached hydrogens (tertiary/aromatic N) is 2. The minimum absolute atomic E-state index is 0.965. The number of imidazole rings is 1. The third-order valence-corrected chi connectivity index (χ3v) is 3.22. The number of para-hydroxylation sites is 2. The molecule has 64 valence electrons. The van der Waals surface area contributed by atoms with Crippen LogP contribution in [0.5, 0.6) is 0 Å². The van der Waals surface area contributed by atoms with E-state index in [1.54, 1.807) is 11.8 Å². The van der Waals surface area contributed by atoms with Crippen LogP contribution in [0.25, 0.3) is 16.7 Å². The van der Waals surface area contributed by atoms with Gasteiger partial charge in [0.2, 0.25) is 0 Å². The summed E-state index contributed by atoms with van der Waals surface area (Å²) in [4.78, 5) is 4.51. The lowest BCUT2D eigenvalue weighted by Crippen LogP contribution is -1.89. The van der Waals surface area contributed by atoms with Gasteiger partial charge in [-0.2, -0.15) is 0 Å². The summed E-state index contributed by atoms with van der Waals surface area (Å²) in [5.41, 5.74) is 3.37. The first-order valence-electron chi connectivity index (χ1n) is 4.15. The van der Waals surface area contributed by atoms with Crippen molar-refractivity contribution in [3.05, 3.63) is 30.8 Å². The zero-order chi connectivity index (χ0) is 8.84. The van der Waals surface area contributed by atoms with E-state index in [1.807, 2.05) is 18.2 Å². The van der Waals surface area contributed by atoms with Gasteiger partial charge in [0.1, 0.15) is 0 Å². The van der Waals surface area contributed by atoms with Crippen LogP contribution in [-0.4, -0.2) is 15.3 Å². The normalized spacial score (nSPS) is 15.2. The number of fused-ring (bicyclic) bond motifs is 3.